The van der Waals surface area contributed by atoms with E-state index in [9.17, 15) is 9.18 Å². The number of nitrogens with one attached hydrogen (secondary N) is 1. The van der Waals surface area contributed by atoms with Crippen LogP contribution in [0.1, 0.15) is 36.7 Å². The Morgan fingerprint density at radius 1 is 1.20 bits per heavy atom. The molecule has 1 saturated heterocycles. The highest BCUT2D eigenvalue weighted by Crippen LogP contribution is 2.30. The zero-order valence-electron chi connectivity index (χ0n) is 13.9. The van der Waals surface area contributed by atoms with Crippen molar-refractivity contribution in [2.45, 2.75) is 31.8 Å². The second kappa shape index (κ2) is 6.76. The Kier molecular flexibility index (Phi) is 4.32. The molecule has 0 aliphatic carbocycles. The molecule has 1 fully saturated rings. The maximum absolute atomic E-state index is 13.4. The van der Waals surface area contributed by atoms with E-state index in [0.717, 1.165) is 30.8 Å². The minimum atomic E-state index is -0.392. The summed E-state index contributed by atoms with van der Waals surface area (Å²) in [6.07, 6.45) is 5.23. The largest absolute Gasteiger partial charge is 0.357 e. The van der Waals surface area contributed by atoms with Crippen LogP contribution in [0, 0.1) is 5.82 Å². The quantitative estimate of drug-likeness (QED) is 0.791. The molecule has 0 spiro atoms. The van der Waals surface area contributed by atoms with Crippen LogP contribution in [-0.4, -0.2) is 21.4 Å². The highest BCUT2D eigenvalue weighted by atomic mass is 19.1. The number of benzene rings is 1. The van der Waals surface area contributed by atoms with Gasteiger partial charge in [-0.25, -0.2) is 4.39 Å². The lowest BCUT2D eigenvalue weighted by atomic mass is 9.98. The van der Waals surface area contributed by atoms with Crippen LogP contribution in [0.5, 0.6) is 0 Å². The molecule has 4 rings (SSSR count). The van der Waals surface area contributed by atoms with Gasteiger partial charge in [0.25, 0.3) is 0 Å². The van der Waals surface area contributed by atoms with Gasteiger partial charge in [0.05, 0.1) is 11.7 Å². The first-order valence-electron chi connectivity index (χ1n) is 8.67. The highest BCUT2D eigenvalue weighted by Gasteiger charge is 2.25. The third kappa shape index (κ3) is 3.33. The Morgan fingerprint density at radius 3 is 2.96 bits per heavy atom. The molecule has 5 heteroatoms. The van der Waals surface area contributed by atoms with Crippen molar-refractivity contribution in [1.82, 2.24) is 14.9 Å². The average molecular weight is 337 g/mol. The number of aromatic amines is 1. The average Bonchev–Trinajstić information content (AvgIpc) is 2.64. The van der Waals surface area contributed by atoms with E-state index in [-0.39, 0.29) is 11.5 Å². The van der Waals surface area contributed by atoms with Crippen molar-refractivity contribution in [3.63, 3.8) is 0 Å². The third-order valence-corrected chi connectivity index (χ3v) is 4.86. The van der Waals surface area contributed by atoms with Crippen molar-refractivity contribution >= 4 is 10.9 Å². The van der Waals surface area contributed by atoms with Gasteiger partial charge in [-0.2, -0.15) is 0 Å². The summed E-state index contributed by atoms with van der Waals surface area (Å²) in [4.78, 5) is 22.5. The molecule has 2 aromatic heterocycles. The first-order chi connectivity index (χ1) is 12.2. The Bertz CT molecular complexity index is 939. The molecule has 0 radical (unpaired) electrons. The molecule has 1 unspecified atom stereocenters. The second-order valence-corrected chi connectivity index (χ2v) is 6.59. The molecule has 128 valence electrons. The summed E-state index contributed by atoms with van der Waals surface area (Å²) in [5.41, 5.74) is 2.46. The second-order valence-electron chi connectivity index (χ2n) is 6.59. The number of aromatic nitrogens is 2. The summed E-state index contributed by atoms with van der Waals surface area (Å²) in [5, 5.41) is 0.392. The van der Waals surface area contributed by atoms with Gasteiger partial charge in [-0.1, -0.05) is 12.5 Å². The normalized spacial score (nSPS) is 18.5. The van der Waals surface area contributed by atoms with E-state index in [2.05, 4.69) is 20.9 Å². The summed E-state index contributed by atoms with van der Waals surface area (Å²) in [5.74, 6) is -0.392. The number of likely N-dealkylation sites (tertiary alicyclic amines) is 1. The van der Waals surface area contributed by atoms with E-state index >= 15 is 0 Å². The number of halogens is 1. The van der Waals surface area contributed by atoms with Crippen LogP contribution in [0.2, 0.25) is 0 Å². The van der Waals surface area contributed by atoms with Gasteiger partial charge in [-0.05, 0) is 49.7 Å². The smallest absolute Gasteiger partial charge is 0.189 e. The van der Waals surface area contributed by atoms with Gasteiger partial charge in [0.15, 0.2) is 5.43 Å². The van der Waals surface area contributed by atoms with Gasteiger partial charge in [0.1, 0.15) is 5.82 Å². The Hall–Kier alpha value is -2.53. The Morgan fingerprint density at radius 2 is 2.12 bits per heavy atom. The molecular formula is C20H20FN3O. The van der Waals surface area contributed by atoms with Crippen LogP contribution in [0.15, 0.2) is 53.5 Å². The standard InChI is InChI=1S/C20H20FN3O/c21-14-7-8-17-16(11-14)20(25)12-15(23-17)13-24-10-4-2-6-19(24)18-5-1-3-9-22-18/h1,3,5,7-9,11-12,19H,2,4,6,10,13H2,(H,23,25). The van der Waals surface area contributed by atoms with Gasteiger partial charge in [0, 0.05) is 35.4 Å². The fourth-order valence-electron chi connectivity index (χ4n) is 3.67. The molecule has 1 atom stereocenters. The number of pyridine rings is 2. The predicted octanol–water partition coefficient (Wildman–Crippen LogP) is 3.79. The third-order valence-electron chi connectivity index (χ3n) is 4.86. The number of hydrogen-bond donors (Lipinski definition) is 1. The SMILES string of the molecule is O=c1cc(CN2CCCCC2c2ccccn2)[nH]c2ccc(F)cc12. The Balaban J connectivity index is 1.65. The highest BCUT2D eigenvalue weighted by molar-refractivity contribution is 5.78. The van der Waals surface area contributed by atoms with Crippen molar-refractivity contribution in [1.29, 1.82) is 0 Å². The zero-order valence-corrected chi connectivity index (χ0v) is 13.9. The van der Waals surface area contributed by atoms with Crippen molar-refractivity contribution in [2.75, 3.05) is 6.54 Å². The summed E-state index contributed by atoms with van der Waals surface area (Å²) in [6, 6.07) is 12.2. The van der Waals surface area contributed by atoms with Gasteiger partial charge < -0.3 is 4.98 Å². The van der Waals surface area contributed by atoms with Crippen LogP contribution in [0.25, 0.3) is 10.9 Å². The zero-order chi connectivity index (χ0) is 17.2. The lowest BCUT2D eigenvalue weighted by Crippen LogP contribution is -2.34. The van der Waals surface area contributed by atoms with Gasteiger partial charge in [0.2, 0.25) is 0 Å². The maximum atomic E-state index is 13.4. The van der Waals surface area contributed by atoms with Gasteiger partial charge in [-0.15, -0.1) is 0 Å². The molecule has 0 amide bonds. The fraction of sp³-hybridized carbons (Fsp3) is 0.300. The molecule has 0 saturated carbocycles. The van der Waals surface area contributed by atoms with Gasteiger partial charge in [-0.3, -0.25) is 14.7 Å². The number of rotatable bonds is 3. The Labute approximate surface area is 145 Å². The number of nitrogens with zero attached hydrogens (tertiary/aromatic N) is 2. The number of H-pyrrole nitrogens is 1. The number of piperidine rings is 1. The van der Waals surface area contributed by atoms with Crippen LogP contribution < -0.4 is 5.43 Å². The summed E-state index contributed by atoms with van der Waals surface area (Å²) >= 11 is 0. The monoisotopic (exact) mass is 337 g/mol. The first-order valence-corrected chi connectivity index (χ1v) is 8.67. The van der Waals surface area contributed by atoms with E-state index in [1.165, 1.54) is 18.6 Å². The van der Waals surface area contributed by atoms with E-state index in [1.54, 1.807) is 12.1 Å². The fourth-order valence-corrected chi connectivity index (χ4v) is 3.67. The topological polar surface area (TPSA) is 49.0 Å². The van der Waals surface area contributed by atoms with Crippen molar-refractivity contribution in [3.05, 3.63) is 76.1 Å². The van der Waals surface area contributed by atoms with Crippen molar-refractivity contribution < 1.29 is 4.39 Å². The molecule has 4 nitrogen and oxygen atoms in total. The molecule has 25 heavy (non-hydrogen) atoms. The lowest BCUT2D eigenvalue weighted by Gasteiger charge is -2.35. The summed E-state index contributed by atoms with van der Waals surface area (Å²) < 4.78 is 13.4. The molecule has 1 aromatic carbocycles. The summed E-state index contributed by atoms with van der Waals surface area (Å²) in [6.45, 7) is 1.63. The molecule has 1 aliphatic rings. The lowest BCUT2D eigenvalue weighted by molar-refractivity contribution is 0.135. The molecule has 3 heterocycles. The molecule has 3 aromatic rings. The maximum Gasteiger partial charge on any atom is 0.189 e. The van der Waals surface area contributed by atoms with Crippen molar-refractivity contribution in [3.8, 4) is 0 Å². The molecule has 0 bridgehead atoms. The van der Waals surface area contributed by atoms with E-state index in [1.807, 2.05) is 18.3 Å². The van der Waals surface area contributed by atoms with Gasteiger partial charge >= 0.3 is 0 Å². The summed E-state index contributed by atoms with van der Waals surface area (Å²) in [7, 11) is 0. The minimum Gasteiger partial charge on any atom is -0.357 e. The van der Waals surface area contributed by atoms with Crippen LogP contribution in [0.3, 0.4) is 0 Å². The molecule has 1 N–H and O–H groups in total. The van der Waals surface area contributed by atoms with Crippen LogP contribution >= 0.6 is 0 Å². The first kappa shape index (κ1) is 16.0. The van der Waals surface area contributed by atoms with E-state index in [4.69, 9.17) is 0 Å². The van der Waals surface area contributed by atoms with Crippen LogP contribution in [-0.2, 0) is 6.54 Å². The minimum absolute atomic E-state index is 0.144. The van der Waals surface area contributed by atoms with Crippen LogP contribution in [0.4, 0.5) is 4.39 Å². The molecular weight excluding hydrogens is 317 g/mol. The van der Waals surface area contributed by atoms with E-state index in [0.29, 0.717) is 17.4 Å². The van der Waals surface area contributed by atoms with Crippen molar-refractivity contribution in [2.24, 2.45) is 0 Å². The number of hydrogen-bond acceptors (Lipinski definition) is 3. The number of fused-ring (bicyclic) bond motifs is 1. The van der Waals surface area contributed by atoms with E-state index < -0.39 is 5.82 Å². The predicted molar refractivity (Wildman–Crippen MR) is 95.8 cm³/mol. The molecule has 1 aliphatic heterocycles.